The molecule has 3 aromatic rings. The van der Waals surface area contributed by atoms with Gasteiger partial charge < -0.3 is 4.90 Å². The van der Waals surface area contributed by atoms with Crippen LogP contribution in [0, 0.1) is 5.82 Å². The maximum absolute atomic E-state index is 13.4. The van der Waals surface area contributed by atoms with Crippen LogP contribution in [-0.2, 0) is 4.79 Å². The summed E-state index contributed by atoms with van der Waals surface area (Å²) in [5.74, 6) is -0.435. The predicted molar refractivity (Wildman–Crippen MR) is 114 cm³/mol. The van der Waals surface area contributed by atoms with E-state index in [1.807, 2.05) is 54.8 Å². The molecule has 0 radical (unpaired) electrons. The van der Waals surface area contributed by atoms with Crippen molar-refractivity contribution in [3.8, 4) is 0 Å². The van der Waals surface area contributed by atoms with Gasteiger partial charge in [-0.15, -0.1) is 5.10 Å². The molecule has 1 aliphatic heterocycles. The van der Waals surface area contributed by atoms with Crippen LogP contribution in [0.1, 0.15) is 23.7 Å². The van der Waals surface area contributed by atoms with Gasteiger partial charge in [0.25, 0.3) is 5.91 Å². The summed E-state index contributed by atoms with van der Waals surface area (Å²) >= 11 is 0. The van der Waals surface area contributed by atoms with Crippen molar-refractivity contribution in [3.63, 3.8) is 0 Å². The summed E-state index contributed by atoms with van der Waals surface area (Å²) in [4.78, 5) is 14.7. The monoisotopic (exact) mass is 398 g/mol. The van der Waals surface area contributed by atoms with Crippen molar-refractivity contribution < 1.29 is 9.18 Å². The van der Waals surface area contributed by atoms with Gasteiger partial charge in [0.05, 0.1) is 12.2 Å². The van der Waals surface area contributed by atoms with Crippen molar-refractivity contribution in [2.75, 3.05) is 4.90 Å². The largest absolute Gasteiger partial charge is 0.301 e. The first kappa shape index (κ1) is 18.2. The van der Waals surface area contributed by atoms with E-state index in [0.29, 0.717) is 5.69 Å². The molecule has 2 aromatic carbocycles. The highest BCUT2D eigenvalue weighted by molar-refractivity contribution is 6.05. The molecule has 2 heterocycles. The van der Waals surface area contributed by atoms with Gasteiger partial charge in [-0.3, -0.25) is 4.79 Å². The lowest BCUT2D eigenvalue weighted by molar-refractivity contribution is -0.128. The number of rotatable bonds is 5. The van der Waals surface area contributed by atoms with Gasteiger partial charge in [0.2, 0.25) is 0 Å². The highest BCUT2D eigenvalue weighted by atomic mass is 19.1. The normalized spacial score (nSPS) is 20.6. The van der Waals surface area contributed by atoms with Crippen LogP contribution in [0.2, 0.25) is 0 Å². The molecule has 0 spiro atoms. The maximum atomic E-state index is 13.4. The molecule has 1 unspecified atom stereocenters. The van der Waals surface area contributed by atoms with Crippen LogP contribution in [-0.4, -0.2) is 26.9 Å². The van der Waals surface area contributed by atoms with Gasteiger partial charge in [-0.2, -0.15) is 0 Å². The summed E-state index contributed by atoms with van der Waals surface area (Å²) in [6.07, 6.45) is 12.8. The smallest absolute Gasteiger partial charge is 0.255 e. The van der Waals surface area contributed by atoms with Gasteiger partial charge in [-0.05, 0) is 41.8 Å². The van der Waals surface area contributed by atoms with E-state index in [0.717, 1.165) is 23.3 Å². The Kier molecular flexibility index (Phi) is 4.59. The van der Waals surface area contributed by atoms with Crippen LogP contribution in [0.5, 0.6) is 0 Å². The number of anilines is 1. The van der Waals surface area contributed by atoms with Crippen LogP contribution in [0.15, 0.2) is 85.1 Å². The van der Waals surface area contributed by atoms with Crippen LogP contribution >= 0.6 is 0 Å². The van der Waals surface area contributed by atoms with Crippen LogP contribution in [0.25, 0.3) is 11.6 Å². The van der Waals surface area contributed by atoms with Crippen molar-refractivity contribution >= 4 is 23.2 Å². The minimum atomic E-state index is -0.498. The predicted octanol–water partition coefficient (Wildman–Crippen LogP) is 4.43. The number of carbonyl (C=O) groups is 1. The molecular formula is C24H19FN4O. The minimum Gasteiger partial charge on any atom is -0.301 e. The molecule has 0 saturated carbocycles. The number of carbonyl (C=O) groups excluding carboxylic acids is 1. The quantitative estimate of drug-likeness (QED) is 0.598. The number of β-lactam (4-membered cyclic amide) rings is 1. The second kappa shape index (κ2) is 7.55. The van der Waals surface area contributed by atoms with Gasteiger partial charge in [-0.25, -0.2) is 9.07 Å². The number of halogens is 1. The molecule has 0 bridgehead atoms. The average Bonchev–Trinajstić information content (AvgIpc) is 3.45. The fourth-order valence-corrected chi connectivity index (χ4v) is 3.82. The Hall–Kier alpha value is -3.80. The molecular weight excluding hydrogens is 379 g/mol. The fraction of sp³-hybridized carbons (Fsp3) is 0.125. The van der Waals surface area contributed by atoms with E-state index < -0.39 is 6.04 Å². The van der Waals surface area contributed by atoms with Crippen LogP contribution in [0.4, 0.5) is 10.1 Å². The second-order valence-electron chi connectivity index (χ2n) is 7.27. The Bertz CT molecular complexity index is 1160. The zero-order valence-electron chi connectivity index (χ0n) is 16.1. The molecule has 1 amide bonds. The lowest BCUT2D eigenvalue weighted by Crippen LogP contribution is -2.61. The molecule has 1 aromatic heterocycles. The zero-order valence-corrected chi connectivity index (χ0v) is 16.1. The number of amides is 1. The highest BCUT2D eigenvalue weighted by Gasteiger charge is 2.48. The highest BCUT2D eigenvalue weighted by Crippen LogP contribution is 2.37. The van der Waals surface area contributed by atoms with E-state index in [2.05, 4.69) is 22.5 Å². The molecule has 148 valence electrons. The standard InChI is InChI=1S/C24H19FN4O/c25-19-11-13-20(14-12-19)29-22(15-10-17-6-2-1-3-7-17)23(24(29)30)28-16-21(26-27-28)18-8-4-5-9-18/h1-4,6-16,22-23H,5H2/b15-10+/t22-,23?/m1/s1. The zero-order chi connectivity index (χ0) is 20.5. The summed E-state index contributed by atoms with van der Waals surface area (Å²) in [5, 5.41) is 8.48. The molecule has 30 heavy (non-hydrogen) atoms. The third-order valence-corrected chi connectivity index (χ3v) is 5.36. The summed E-state index contributed by atoms with van der Waals surface area (Å²) < 4.78 is 15.0. The maximum Gasteiger partial charge on any atom is 0.255 e. The lowest BCUT2D eigenvalue weighted by atomic mass is 9.92. The summed E-state index contributed by atoms with van der Waals surface area (Å²) in [5.41, 5.74) is 3.46. The van der Waals surface area contributed by atoms with Gasteiger partial charge in [0, 0.05) is 5.69 Å². The van der Waals surface area contributed by atoms with E-state index in [1.165, 1.54) is 12.1 Å². The van der Waals surface area contributed by atoms with Crippen LogP contribution < -0.4 is 4.90 Å². The topological polar surface area (TPSA) is 51.0 Å². The molecule has 6 heteroatoms. The number of nitrogens with zero attached hydrogens (tertiary/aromatic N) is 4. The van der Waals surface area contributed by atoms with E-state index in [4.69, 9.17) is 0 Å². The van der Waals surface area contributed by atoms with E-state index in [1.54, 1.807) is 21.7 Å². The molecule has 2 atom stereocenters. The van der Waals surface area contributed by atoms with Crippen molar-refractivity contribution in [2.45, 2.75) is 18.5 Å². The summed E-state index contributed by atoms with van der Waals surface area (Å²) in [6.45, 7) is 0. The lowest BCUT2D eigenvalue weighted by Gasteiger charge is -2.45. The molecule has 1 aliphatic carbocycles. The van der Waals surface area contributed by atoms with Crippen molar-refractivity contribution in [1.29, 1.82) is 0 Å². The minimum absolute atomic E-state index is 0.100. The summed E-state index contributed by atoms with van der Waals surface area (Å²) in [7, 11) is 0. The van der Waals surface area contributed by atoms with Gasteiger partial charge in [-0.1, -0.05) is 65.9 Å². The van der Waals surface area contributed by atoms with Gasteiger partial charge >= 0.3 is 0 Å². The van der Waals surface area contributed by atoms with Crippen molar-refractivity contribution in [1.82, 2.24) is 15.0 Å². The molecule has 5 rings (SSSR count). The first-order valence-electron chi connectivity index (χ1n) is 9.81. The Morgan fingerprint density at radius 2 is 1.87 bits per heavy atom. The number of aromatic nitrogens is 3. The summed E-state index contributed by atoms with van der Waals surface area (Å²) in [6, 6.07) is 15.1. The second-order valence-corrected chi connectivity index (χ2v) is 7.27. The van der Waals surface area contributed by atoms with E-state index in [9.17, 15) is 9.18 Å². The molecule has 1 saturated heterocycles. The molecule has 5 nitrogen and oxygen atoms in total. The number of hydrogen-bond acceptors (Lipinski definition) is 3. The van der Waals surface area contributed by atoms with E-state index >= 15 is 0 Å². The average molecular weight is 398 g/mol. The number of hydrogen-bond donors (Lipinski definition) is 0. The Morgan fingerprint density at radius 3 is 2.60 bits per heavy atom. The number of allylic oxidation sites excluding steroid dienone is 4. The van der Waals surface area contributed by atoms with Crippen LogP contribution in [0.3, 0.4) is 0 Å². The van der Waals surface area contributed by atoms with E-state index in [-0.39, 0.29) is 17.8 Å². The fourth-order valence-electron chi connectivity index (χ4n) is 3.82. The van der Waals surface area contributed by atoms with Crippen molar-refractivity contribution in [3.05, 3.63) is 102 Å². The van der Waals surface area contributed by atoms with Crippen molar-refractivity contribution in [2.24, 2.45) is 0 Å². The first-order chi connectivity index (χ1) is 14.7. The Morgan fingerprint density at radius 1 is 1.07 bits per heavy atom. The molecule has 2 aliphatic rings. The van der Waals surface area contributed by atoms with Gasteiger partial charge in [0.1, 0.15) is 11.5 Å². The molecule has 0 N–H and O–H groups in total. The third kappa shape index (κ3) is 3.26. The SMILES string of the molecule is O=C1C(n2cc(C3=CCC=C3)nn2)[C@@H](/C=C/c2ccccc2)N1c1ccc(F)cc1. The third-order valence-electron chi connectivity index (χ3n) is 5.36. The molecule has 1 fully saturated rings. The number of benzene rings is 2. The first-order valence-corrected chi connectivity index (χ1v) is 9.81. The Balaban J connectivity index is 1.48. The van der Waals surface area contributed by atoms with Gasteiger partial charge in [0.15, 0.2) is 6.04 Å². The Labute approximate surface area is 173 Å².